The Hall–Kier alpha value is -0.210. The molecule has 0 aliphatic rings. The molecule has 19 heavy (non-hydrogen) atoms. The van der Waals surface area contributed by atoms with Crippen molar-refractivity contribution < 1.29 is 8.42 Å². The van der Waals surface area contributed by atoms with Gasteiger partial charge in [-0.3, -0.25) is 0 Å². The first-order valence-electron chi connectivity index (χ1n) is 6.92. The van der Waals surface area contributed by atoms with Crippen LogP contribution in [0.2, 0.25) is 0 Å². The molecular weight excluding hydrogens is 264 g/mol. The smallest absolute Gasteiger partial charge is 0.279 e. The molecule has 0 aromatic heterocycles. The summed E-state index contributed by atoms with van der Waals surface area (Å²) in [5.74, 6) is 0. The molecule has 0 amide bonds. The molecule has 0 rings (SSSR count). The quantitative estimate of drug-likeness (QED) is 0.534. The third kappa shape index (κ3) is 8.54. The van der Waals surface area contributed by atoms with Crippen LogP contribution in [0.5, 0.6) is 0 Å². The van der Waals surface area contributed by atoms with Gasteiger partial charge in [-0.15, -0.1) is 0 Å². The van der Waals surface area contributed by atoms with Gasteiger partial charge in [0, 0.05) is 26.2 Å². The summed E-state index contributed by atoms with van der Waals surface area (Å²) < 4.78 is 27.5. The number of rotatable bonds is 11. The van der Waals surface area contributed by atoms with Crippen LogP contribution in [0.4, 0.5) is 0 Å². The molecule has 3 N–H and O–H groups in total. The van der Waals surface area contributed by atoms with Gasteiger partial charge in [-0.25, -0.2) is 4.72 Å². The van der Waals surface area contributed by atoms with E-state index in [1.165, 1.54) is 4.31 Å². The van der Waals surface area contributed by atoms with Crippen molar-refractivity contribution in [3.63, 3.8) is 0 Å². The van der Waals surface area contributed by atoms with E-state index in [0.29, 0.717) is 32.1 Å². The number of nitrogens with zero attached hydrogens (tertiary/aromatic N) is 2. The molecule has 0 aromatic carbocycles. The molecule has 116 valence electrons. The summed E-state index contributed by atoms with van der Waals surface area (Å²) >= 11 is 0. The van der Waals surface area contributed by atoms with Crippen LogP contribution in [0, 0.1) is 0 Å². The fourth-order valence-corrected chi connectivity index (χ4v) is 2.48. The Labute approximate surface area is 118 Å². The second-order valence-electron chi connectivity index (χ2n) is 5.14. The van der Waals surface area contributed by atoms with Gasteiger partial charge in [-0.05, 0) is 53.2 Å². The van der Waals surface area contributed by atoms with Crippen molar-refractivity contribution in [2.24, 2.45) is 5.73 Å². The molecule has 7 heteroatoms. The highest BCUT2D eigenvalue weighted by molar-refractivity contribution is 7.87. The summed E-state index contributed by atoms with van der Waals surface area (Å²) in [5.41, 5.74) is 5.37. The van der Waals surface area contributed by atoms with E-state index in [2.05, 4.69) is 30.5 Å². The van der Waals surface area contributed by atoms with E-state index >= 15 is 0 Å². The minimum Gasteiger partial charge on any atom is -0.330 e. The maximum absolute atomic E-state index is 11.8. The van der Waals surface area contributed by atoms with E-state index in [4.69, 9.17) is 5.73 Å². The second kappa shape index (κ2) is 9.66. The number of nitrogens with one attached hydrogen (secondary N) is 1. The van der Waals surface area contributed by atoms with Crippen molar-refractivity contribution >= 4 is 10.2 Å². The molecule has 0 bridgehead atoms. The maximum atomic E-state index is 11.8. The molecule has 0 aromatic rings. The third-order valence-corrected chi connectivity index (χ3v) is 4.76. The van der Waals surface area contributed by atoms with E-state index in [0.717, 1.165) is 19.4 Å². The van der Waals surface area contributed by atoms with Gasteiger partial charge in [0.1, 0.15) is 0 Å². The fraction of sp³-hybridized carbons (Fsp3) is 1.00. The lowest BCUT2D eigenvalue weighted by atomic mass is 10.2. The molecule has 0 heterocycles. The zero-order valence-electron chi connectivity index (χ0n) is 12.7. The van der Waals surface area contributed by atoms with E-state index in [1.54, 1.807) is 7.05 Å². The first-order chi connectivity index (χ1) is 8.81. The van der Waals surface area contributed by atoms with E-state index in [-0.39, 0.29) is 0 Å². The summed E-state index contributed by atoms with van der Waals surface area (Å²) in [6.07, 6.45) is 2.52. The molecule has 0 aliphatic heterocycles. The topological polar surface area (TPSA) is 78.7 Å². The van der Waals surface area contributed by atoms with Crippen LogP contribution >= 0.6 is 0 Å². The minimum atomic E-state index is -3.34. The summed E-state index contributed by atoms with van der Waals surface area (Å²) in [5, 5.41) is 0. The average molecular weight is 294 g/mol. The van der Waals surface area contributed by atoms with Crippen LogP contribution in [0.15, 0.2) is 0 Å². The van der Waals surface area contributed by atoms with Crippen LogP contribution in [0.25, 0.3) is 0 Å². The predicted octanol–water partition coefficient (Wildman–Crippen LogP) is 0.222. The molecule has 0 spiro atoms. The molecule has 0 saturated carbocycles. The van der Waals surface area contributed by atoms with Gasteiger partial charge in [0.05, 0.1) is 0 Å². The van der Waals surface area contributed by atoms with E-state index in [1.807, 2.05) is 0 Å². The molecule has 0 aliphatic carbocycles. The lowest BCUT2D eigenvalue weighted by molar-refractivity contribution is 0.268. The van der Waals surface area contributed by atoms with Crippen LogP contribution < -0.4 is 10.5 Å². The average Bonchev–Trinajstić information content (AvgIpc) is 2.34. The number of hydrogen-bond donors (Lipinski definition) is 2. The van der Waals surface area contributed by atoms with Crippen LogP contribution in [0.1, 0.15) is 33.1 Å². The number of unbranched alkanes of at least 4 members (excludes halogenated alkanes) is 1. The first-order valence-corrected chi connectivity index (χ1v) is 8.36. The van der Waals surface area contributed by atoms with Crippen molar-refractivity contribution in [3.8, 4) is 0 Å². The summed E-state index contributed by atoms with van der Waals surface area (Å²) in [4.78, 5) is 2.25. The standard InChI is InChI=1S/C12H30N4O2S/c1-12(2)15(3)10-6-5-9-14-19(17,18)16(4)11-7-8-13/h12,14H,5-11,13H2,1-4H3. The van der Waals surface area contributed by atoms with Crippen molar-refractivity contribution in [2.45, 2.75) is 39.2 Å². The third-order valence-electron chi connectivity index (χ3n) is 3.19. The summed E-state index contributed by atoms with van der Waals surface area (Å²) in [6, 6.07) is 0.527. The Bertz CT molecular complexity index is 320. The van der Waals surface area contributed by atoms with Gasteiger partial charge in [0.2, 0.25) is 0 Å². The van der Waals surface area contributed by atoms with E-state index < -0.39 is 10.2 Å². The van der Waals surface area contributed by atoms with Crippen molar-refractivity contribution in [2.75, 3.05) is 40.3 Å². The van der Waals surface area contributed by atoms with Gasteiger partial charge in [-0.1, -0.05) is 0 Å². The monoisotopic (exact) mass is 294 g/mol. The highest BCUT2D eigenvalue weighted by atomic mass is 32.2. The van der Waals surface area contributed by atoms with E-state index in [9.17, 15) is 8.42 Å². The number of hydrogen-bond acceptors (Lipinski definition) is 4. The Morgan fingerprint density at radius 2 is 1.74 bits per heavy atom. The second-order valence-corrected chi connectivity index (χ2v) is 7.01. The zero-order chi connectivity index (χ0) is 14.9. The van der Waals surface area contributed by atoms with Crippen LogP contribution in [-0.4, -0.2) is 63.9 Å². The highest BCUT2D eigenvalue weighted by Crippen LogP contribution is 1.99. The molecule has 0 fully saturated rings. The lowest BCUT2D eigenvalue weighted by Crippen LogP contribution is -2.39. The van der Waals surface area contributed by atoms with Crippen LogP contribution in [-0.2, 0) is 10.2 Å². The lowest BCUT2D eigenvalue weighted by Gasteiger charge is -2.21. The molecular formula is C12H30N4O2S. The van der Waals surface area contributed by atoms with Crippen molar-refractivity contribution in [1.29, 1.82) is 0 Å². The first kappa shape index (κ1) is 18.8. The largest absolute Gasteiger partial charge is 0.330 e. The predicted molar refractivity (Wildman–Crippen MR) is 80.2 cm³/mol. The molecule has 6 nitrogen and oxygen atoms in total. The Kier molecular flexibility index (Phi) is 9.55. The van der Waals surface area contributed by atoms with Gasteiger partial charge in [-0.2, -0.15) is 12.7 Å². The molecule has 0 unspecified atom stereocenters. The maximum Gasteiger partial charge on any atom is 0.279 e. The summed E-state index contributed by atoms with van der Waals surface area (Å²) in [7, 11) is 0.317. The zero-order valence-corrected chi connectivity index (χ0v) is 13.5. The Morgan fingerprint density at radius 1 is 1.11 bits per heavy atom. The SMILES string of the molecule is CC(C)N(C)CCCCNS(=O)(=O)N(C)CCCN. The Balaban J connectivity index is 3.81. The van der Waals surface area contributed by atoms with Gasteiger partial charge in [0.15, 0.2) is 0 Å². The fourth-order valence-electron chi connectivity index (χ4n) is 1.49. The highest BCUT2D eigenvalue weighted by Gasteiger charge is 2.15. The normalized spacial score (nSPS) is 12.8. The van der Waals surface area contributed by atoms with Gasteiger partial charge >= 0.3 is 0 Å². The van der Waals surface area contributed by atoms with Crippen molar-refractivity contribution in [3.05, 3.63) is 0 Å². The van der Waals surface area contributed by atoms with Gasteiger partial charge in [0.25, 0.3) is 10.2 Å². The Morgan fingerprint density at radius 3 is 2.26 bits per heavy atom. The summed E-state index contributed by atoms with van der Waals surface area (Å²) in [6.45, 7) is 6.73. The molecule has 0 radical (unpaired) electrons. The van der Waals surface area contributed by atoms with Gasteiger partial charge < -0.3 is 10.6 Å². The minimum absolute atomic E-state index is 0.460. The van der Waals surface area contributed by atoms with Crippen molar-refractivity contribution in [1.82, 2.24) is 13.9 Å². The molecule has 0 atom stereocenters. The number of nitrogens with two attached hydrogens (primary N) is 1. The molecule has 0 saturated heterocycles. The van der Waals surface area contributed by atoms with Crippen LogP contribution in [0.3, 0.4) is 0 Å².